The summed E-state index contributed by atoms with van der Waals surface area (Å²) in [6.07, 6.45) is 1.54. The summed E-state index contributed by atoms with van der Waals surface area (Å²) in [6.45, 7) is 2.03. The Morgan fingerprint density at radius 3 is 2.47 bits per heavy atom. The van der Waals surface area contributed by atoms with Crippen LogP contribution in [0.2, 0.25) is 0 Å². The summed E-state index contributed by atoms with van der Waals surface area (Å²) in [4.78, 5) is 0. The third-order valence-corrected chi connectivity index (χ3v) is 2.96. The SMILES string of the molecule is CCC(OC)C(Cc1ccc(F)c(F)c1)NC. The van der Waals surface area contributed by atoms with Crippen molar-refractivity contribution in [1.82, 2.24) is 5.32 Å². The third-order valence-electron chi connectivity index (χ3n) is 2.96. The van der Waals surface area contributed by atoms with Crippen LogP contribution in [0.4, 0.5) is 8.78 Å². The van der Waals surface area contributed by atoms with Crippen molar-refractivity contribution in [3.05, 3.63) is 35.4 Å². The van der Waals surface area contributed by atoms with Gasteiger partial charge in [0.05, 0.1) is 6.10 Å². The van der Waals surface area contributed by atoms with Gasteiger partial charge in [0, 0.05) is 13.2 Å². The van der Waals surface area contributed by atoms with Crippen molar-refractivity contribution in [3.63, 3.8) is 0 Å². The van der Waals surface area contributed by atoms with Crippen molar-refractivity contribution in [1.29, 1.82) is 0 Å². The fourth-order valence-corrected chi connectivity index (χ4v) is 1.96. The van der Waals surface area contributed by atoms with Gasteiger partial charge in [0.2, 0.25) is 0 Å². The zero-order chi connectivity index (χ0) is 12.8. The van der Waals surface area contributed by atoms with E-state index >= 15 is 0 Å². The average molecular weight is 243 g/mol. The average Bonchev–Trinajstić information content (AvgIpc) is 2.33. The number of rotatable bonds is 6. The minimum absolute atomic E-state index is 0.0631. The van der Waals surface area contributed by atoms with Crippen LogP contribution < -0.4 is 5.32 Å². The molecule has 0 heterocycles. The largest absolute Gasteiger partial charge is 0.380 e. The van der Waals surface area contributed by atoms with E-state index in [2.05, 4.69) is 5.32 Å². The maximum Gasteiger partial charge on any atom is 0.159 e. The highest BCUT2D eigenvalue weighted by atomic mass is 19.2. The van der Waals surface area contributed by atoms with Crippen LogP contribution in [0.5, 0.6) is 0 Å². The summed E-state index contributed by atoms with van der Waals surface area (Å²) in [5.41, 5.74) is 0.763. The molecule has 0 saturated carbocycles. The summed E-state index contributed by atoms with van der Waals surface area (Å²) in [5, 5.41) is 3.15. The summed E-state index contributed by atoms with van der Waals surface area (Å²) in [7, 11) is 3.50. The molecule has 17 heavy (non-hydrogen) atoms. The first-order valence-corrected chi connectivity index (χ1v) is 5.76. The molecule has 96 valence electrons. The first kappa shape index (κ1) is 14.1. The molecule has 4 heteroatoms. The van der Waals surface area contributed by atoms with Crippen molar-refractivity contribution in [2.24, 2.45) is 0 Å². The highest BCUT2D eigenvalue weighted by Gasteiger charge is 2.18. The second-order valence-corrected chi connectivity index (χ2v) is 4.03. The van der Waals surface area contributed by atoms with E-state index in [4.69, 9.17) is 4.74 Å². The van der Waals surface area contributed by atoms with E-state index in [0.717, 1.165) is 18.1 Å². The quantitative estimate of drug-likeness (QED) is 0.829. The summed E-state index contributed by atoms with van der Waals surface area (Å²) in [5.74, 6) is -1.61. The van der Waals surface area contributed by atoms with E-state index in [9.17, 15) is 8.78 Å². The zero-order valence-electron chi connectivity index (χ0n) is 10.5. The van der Waals surface area contributed by atoms with Crippen LogP contribution in [0.15, 0.2) is 18.2 Å². The second kappa shape index (κ2) is 6.67. The van der Waals surface area contributed by atoms with Gasteiger partial charge in [0.15, 0.2) is 11.6 Å². The molecule has 0 fully saturated rings. The molecule has 0 radical (unpaired) electrons. The maximum absolute atomic E-state index is 13.1. The Labute approximate surface area is 101 Å². The number of methoxy groups -OCH3 is 1. The smallest absolute Gasteiger partial charge is 0.159 e. The van der Waals surface area contributed by atoms with Gasteiger partial charge in [-0.1, -0.05) is 13.0 Å². The predicted molar refractivity (Wildman–Crippen MR) is 64.0 cm³/mol. The van der Waals surface area contributed by atoms with Gasteiger partial charge < -0.3 is 10.1 Å². The first-order chi connectivity index (χ1) is 8.12. The summed E-state index contributed by atoms with van der Waals surface area (Å²) < 4.78 is 31.2. The molecule has 0 aliphatic heterocycles. The third kappa shape index (κ3) is 3.75. The Morgan fingerprint density at radius 1 is 1.29 bits per heavy atom. The van der Waals surface area contributed by atoms with E-state index < -0.39 is 11.6 Å². The van der Waals surface area contributed by atoms with E-state index in [-0.39, 0.29) is 12.1 Å². The van der Waals surface area contributed by atoms with Crippen LogP contribution in [0.25, 0.3) is 0 Å². The zero-order valence-corrected chi connectivity index (χ0v) is 10.5. The van der Waals surface area contributed by atoms with Gasteiger partial charge in [-0.15, -0.1) is 0 Å². The Morgan fingerprint density at radius 2 is 2.00 bits per heavy atom. The lowest BCUT2D eigenvalue weighted by Gasteiger charge is -2.24. The van der Waals surface area contributed by atoms with Gasteiger partial charge >= 0.3 is 0 Å². The standard InChI is InChI=1S/C13H19F2NO/c1-4-13(17-3)12(16-2)8-9-5-6-10(14)11(15)7-9/h5-7,12-13,16H,4,8H2,1-3H3. The summed E-state index contributed by atoms with van der Waals surface area (Å²) in [6, 6.07) is 4.09. The van der Waals surface area contributed by atoms with Crippen LogP contribution in [0.3, 0.4) is 0 Å². The lowest BCUT2D eigenvalue weighted by Crippen LogP contribution is -2.40. The van der Waals surface area contributed by atoms with E-state index in [0.29, 0.717) is 6.42 Å². The molecule has 0 bridgehead atoms. The molecule has 1 N–H and O–H groups in total. The maximum atomic E-state index is 13.1. The number of ether oxygens (including phenoxy) is 1. The van der Waals surface area contributed by atoms with Gasteiger partial charge in [-0.2, -0.15) is 0 Å². The van der Waals surface area contributed by atoms with E-state index in [1.807, 2.05) is 14.0 Å². The molecule has 0 saturated heterocycles. The van der Waals surface area contributed by atoms with Crippen LogP contribution in [-0.4, -0.2) is 26.3 Å². The highest BCUT2D eigenvalue weighted by molar-refractivity contribution is 5.19. The molecule has 2 nitrogen and oxygen atoms in total. The molecular formula is C13H19F2NO. The Kier molecular flexibility index (Phi) is 5.51. The van der Waals surface area contributed by atoms with Crippen molar-refractivity contribution < 1.29 is 13.5 Å². The summed E-state index contributed by atoms with van der Waals surface area (Å²) >= 11 is 0. The Bertz CT molecular complexity index is 353. The molecular weight excluding hydrogens is 224 g/mol. The van der Waals surface area contributed by atoms with Crippen molar-refractivity contribution in [2.75, 3.05) is 14.2 Å². The van der Waals surface area contributed by atoms with Gasteiger partial charge in [-0.05, 0) is 37.6 Å². The molecule has 0 aliphatic rings. The number of hydrogen-bond acceptors (Lipinski definition) is 2. The molecule has 2 unspecified atom stereocenters. The van der Waals surface area contributed by atoms with Crippen molar-refractivity contribution in [2.45, 2.75) is 31.9 Å². The Balaban J connectivity index is 2.76. The normalized spacial score (nSPS) is 14.6. The lowest BCUT2D eigenvalue weighted by molar-refractivity contribution is 0.0678. The van der Waals surface area contributed by atoms with Gasteiger partial charge in [0.25, 0.3) is 0 Å². The van der Waals surface area contributed by atoms with E-state index in [1.54, 1.807) is 13.2 Å². The number of halogens is 2. The highest BCUT2D eigenvalue weighted by Crippen LogP contribution is 2.13. The fourth-order valence-electron chi connectivity index (χ4n) is 1.96. The first-order valence-electron chi connectivity index (χ1n) is 5.76. The molecule has 0 amide bonds. The number of benzene rings is 1. The predicted octanol–water partition coefficient (Wildman–Crippen LogP) is 2.52. The fraction of sp³-hybridized carbons (Fsp3) is 0.538. The van der Waals surface area contributed by atoms with Gasteiger partial charge in [-0.3, -0.25) is 0 Å². The number of hydrogen-bond donors (Lipinski definition) is 1. The van der Waals surface area contributed by atoms with Crippen LogP contribution in [0.1, 0.15) is 18.9 Å². The van der Waals surface area contributed by atoms with Crippen LogP contribution in [-0.2, 0) is 11.2 Å². The van der Waals surface area contributed by atoms with Crippen molar-refractivity contribution in [3.8, 4) is 0 Å². The van der Waals surface area contributed by atoms with Crippen molar-refractivity contribution >= 4 is 0 Å². The minimum Gasteiger partial charge on any atom is -0.380 e. The topological polar surface area (TPSA) is 21.3 Å². The molecule has 1 rings (SSSR count). The van der Waals surface area contributed by atoms with E-state index in [1.165, 1.54) is 6.07 Å². The molecule has 2 atom stereocenters. The molecule has 1 aromatic rings. The minimum atomic E-state index is -0.812. The number of nitrogens with one attached hydrogen (secondary N) is 1. The van der Waals surface area contributed by atoms with Gasteiger partial charge in [0.1, 0.15) is 0 Å². The molecule has 0 spiro atoms. The molecule has 0 aliphatic carbocycles. The Hall–Kier alpha value is -1.00. The second-order valence-electron chi connectivity index (χ2n) is 4.03. The number of likely N-dealkylation sites (N-methyl/N-ethyl adjacent to an activating group) is 1. The molecule has 0 aromatic heterocycles. The molecule has 1 aromatic carbocycles. The lowest BCUT2D eigenvalue weighted by atomic mass is 9.99. The van der Waals surface area contributed by atoms with Crippen LogP contribution in [0, 0.1) is 11.6 Å². The van der Waals surface area contributed by atoms with Crippen LogP contribution >= 0.6 is 0 Å². The monoisotopic (exact) mass is 243 g/mol. The van der Waals surface area contributed by atoms with Gasteiger partial charge in [-0.25, -0.2) is 8.78 Å².